The maximum absolute atomic E-state index is 12.9. The predicted molar refractivity (Wildman–Crippen MR) is 111 cm³/mol. The van der Waals surface area contributed by atoms with Crippen LogP contribution in [0.1, 0.15) is 40.7 Å². The highest BCUT2D eigenvalue weighted by Gasteiger charge is 2.35. The molecule has 0 fully saturated rings. The molecule has 1 aromatic carbocycles. The molecule has 0 spiro atoms. The Bertz CT molecular complexity index is 1240. The minimum atomic E-state index is -0.420. The van der Waals surface area contributed by atoms with E-state index >= 15 is 0 Å². The molecular formula is C22H22N6O2. The summed E-state index contributed by atoms with van der Waals surface area (Å²) >= 11 is 0. The Morgan fingerprint density at radius 2 is 1.87 bits per heavy atom. The topological polar surface area (TPSA) is 97.3 Å². The summed E-state index contributed by atoms with van der Waals surface area (Å²) in [7, 11) is 0. The molecule has 0 aliphatic heterocycles. The second-order valence-electron chi connectivity index (χ2n) is 8.15. The fourth-order valence-corrected chi connectivity index (χ4v) is 4.19. The number of hydrogen-bond donors (Lipinski definition) is 2. The molecule has 1 aliphatic carbocycles. The molecule has 4 aromatic rings. The molecular weight excluding hydrogens is 380 g/mol. The zero-order valence-corrected chi connectivity index (χ0v) is 16.8. The van der Waals surface area contributed by atoms with Crippen LogP contribution in [0.15, 0.2) is 49.1 Å². The van der Waals surface area contributed by atoms with Crippen molar-refractivity contribution in [1.82, 2.24) is 29.7 Å². The lowest BCUT2D eigenvalue weighted by Crippen LogP contribution is -2.49. The normalized spacial score (nSPS) is 18.3. The molecule has 0 saturated carbocycles. The van der Waals surface area contributed by atoms with Gasteiger partial charge in [0.15, 0.2) is 0 Å². The Labute approximate surface area is 173 Å². The van der Waals surface area contributed by atoms with Gasteiger partial charge in [-0.15, -0.1) is 10.2 Å². The predicted octanol–water partition coefficient (Wildman–Crippen LogP) is 2.61. The Hall–Kier alpha value is -3.68. The molecule has 0 saturated heterocycles. The van der Waals surface area contributed by atoms with Crippen LogP contribution in [0.4, 0.5) is 0 Å². The van der Waals surface area contributed by atoms with E-state index in [1.165, 1.54) is 0 Å². The van der Waals surface area contributed by atoms with Crippen LogP contribution in [0.5, 0.6) is 5.75 Å². The van der Waals surface area contributed by atoms with Crippen molar-refractivity contribution in [3.8, 4) is 11.4 Å². The van der Waals surface area contributed by atoms with Crippen molar-refractivity contribution in [2.75, 3.05) is 0 Å². The lowest BCUT2D eigenvalue weighted by Gasteiger charge is -2.34. The highest BCUT2D eigenvalue weighted by Crippen LogP contribution is 2.35. The zero-order valence-electron chi connectivity index (χ0n) is 16.8. The minimum absolute atomic E-state index is 0.117. The number of carbonyl (C=O) groups is 1. The third-order valence-corrected chi connectivity index (χ3v) is 5.87. The molecule has 1 amide bonds. The number of rotatable bonds is 3. The Morgan fingerprint density at radius 3 is 2.60 bits per heavy atom. The van der Waals surface area contributed by atoms with Gasteiger partial charge in [0.05, 0.1) is 5.69 Å². The van der Waals surface area contributed by atoms with Gasteiger partial charge in [-0.05, 0) is 69.5 Å². The molecule has 0 unspecified atom stereocenters. The molecule has 8 heteroatoms. The van der Waals surface area contributed by atoms with Crippen molar-refractivity contribution >= 4 is 11.4 Å². The average Bonchev–Trinajstić information content (AvgIpc) is 3.39. The Kier molecular flexibility index (Phi) is 4.09. The molecule has 3 heterocycles. The van der Waals surface area contributed by atoms with Crippen LogP contribution in [0.25, 0.3) is 11.2 Å². The van der Waals surface area contributed by atoms with Crippen LogP contribution in [0, 0.1) is 6.92 Å². The summed E-state index contributed by atoms with van der Waals surface area (Å²) in [5.74, 6) is 0.0997. The van der Waals surface area contributed by atoms with E-state index in [9.17, 15) is 9.90 Å². The molecule has 5 rings (SSSR count). The SMILES string of the molecule is Cc1ccc(O)c2c3c(nn12)CC[C@@](C)(NC(=O)c1ccc(-n2cnnc2)cc1)C3. The van der Waals surface area contributed by atoms with E-state index in [0.29, 0.717) is 12.0 Å². The van der Waals surface area contributed by atoms with E-state index in [4.69, 9.17) is 0 Å². The number of hydrogen-bond acceptors (Lipinski definition) is 5. The number of carbonyl (C=O) groups excluding carboxylic acids is 1. The highest BCUT2D eigenvalue weighted by molar-refractivity contribution is 5.95. The van der Waals surface area contributed by atoms with Crippen molar-refractivity contribution in [2.24, 2.45) is 0 Å². The number of benzene rings is 1. The third-order valence-electron chi connectivity index (χ3n) is 5.87. The van der Waals surface area contributed by atoms with Crippen LogP contribution < -0.4 is 5.32 Å². The van der Waals surface area contributed by atoms with Crippen LogP contribution in [-0.2, 0) is 12.8 Å². The van der Waals surface area contributed by atoms with Crippen LogP contribution >= 0.6 is 0 Å². The summed E-state index contributed by atoms with van der Waals surface area (Å²) < 4.78 is 3.59. The van der Waals surface area contributed by atoms with Gasteiger partial charge in [0.25, 0.3) is 5.91 Å². The first kappa shape index (κ1) is 18.4. The van der Waals surface area contributed by atoms with Gasteiger partial charge >= 0.3 is 0 Å². The average molecular weight is 402 g/mol. The quantitative estimate of drug-likeness (QED) is 0.549. The van der Waals surface area contributed by atoms with Crippen molar-refractivity contribution in [2.45, 2.75) is 38.6 Å². The Balaban J connectivity index is 1.39. The summed E-state index contributed by atoms with van der Waals surface area (Å²) in [6.45, 7) is 4.02. The second kappa shape index (κ2) is 6.69. The molecule has 8 nitrogen and oxygen atoms in total. The van der Waals surface area contributed by atoms with E-state index in [0.717, 1.165) is 41.0 Å². The molecule has 1 aliphatic rings. The first-order chi connectivity index (χ1) is 14.4. The third kappa shape index (κ3) is 3.01. The Morgan fingerprint density at radius 1 is 1.13 bits per heavy atom. The van der Waals surface area contributed by atoms with Crippen molar-refractivity contribution in [3.63, 3.8) is 0 Å². The first-order valence-electron chi connectivity index (χ1n) is 9.90. The van der Waals surface area contributed by atoms with Crippen molar-refractivity contribution < 1.29 is 9.90 Å². The molecule has 3 aromatic heterocycles. The monoisotopic (exact) mass is 402 g/mol. The first-order valence-corrected chi connectivity index (χ1v) is 9.90. The van der Waals surface area contributed by atoms with Gasteiger partial charge in [0.2, 0.25) is 0 Å². The van der Waals surface area contributed by atoms with Crippen LogP contribution in [-0.4, -0.2) is 40.9 Å². The minimum Gasteiger partial charge on any atom is -0.506 e. The fourth-order valence-electron chi connectivity index (χ4n) is 4.19. The van der Waals surface area contributed by atoms with Crippen LogP contribution in [0.3, 0.4) is 0 Å². The zero-order chi connectivity index (χ0) is 20.9. The number of aromatic hydroxyl groups is 1. The van der Waals surface area contributed by atoms with Gasteiger partial charge in [0.1, 0.15) is 23.9 Å². The van der Waals surface area contributed by atoms with E-state index in [2.05, 4.69) is 27.5 Å². The molecule has 0 radical (unpaired) electrons. The number of aromatic nitrogens is 5. The van der Waals surface area contributed by atoms with Gasteiger partial charge in [0, 0.05) is 28.0 Å². The molecule has 0 bridgehead atoms. The molecule has 1 atom stereocenters. The van der Waals surface area contributed by atoms with Gasteiger partial charge < -0.3 is 10.4 Å². The number of aryl methyl sites for hydroxylation is 2. The lowest BCUT2D eigenvalue weighted by molar-refractivity contribution is 0.0898. The number of pyridine rings is 1. The van der Waals surface area contributed by atoms with Crippen LogP contribution in [0.2, 0.25) is 0 Å². The van der Waals surface area contributed by atoms with Crippen molar-refractivity contribution in [3.05, 3.63) is 71.6 Å². The summed E-state index contributed by atoms with van der Waals surface area (Å²) in [5, 5.41) is 25.9. The maximum Gasteiger partial charge on any atom is 0.251 e. The highest BCUT2D eigenvalue weighted by atomic mass is 16.3. The largest absolute Gasteiger partial charge is 0.506 e. The fraction of sp³-hybridized carbons (Fsp3) is 0.273. The number of nitrogens with zero attached hydrogens (tertiary/aromatic N) is 5. The van der Waals surface area contributed by atoms with Gasteiger partial charge in [-0.25, -0.2) is 4.52 Å². The molecule has 2 N–H and O–H groups in total. The van der Waals surface area contributed by atoms with E-state index < -0.39 is 5.54 Å². The summed E-state index contributed by atoms with van der Waals surface area (Å²) in [6.07, 6.45) is 5.38. The summed E-state index contributed by atoms with van der Waals surface area (Å²) in [5.41, 5.74) is 4.77. The van der Waals surface area contributed by atoms with Crippen molar-refractivity contribution in [1.29, 1.82) is 0 Å². The smallest absolute Gasteiger partial charge is 0.251 e. The summed E-state index contributed by atoms with van der Waals surface area (Å²) in [6, 6.07) is 10.9. The maximum atomic E-state index is 12.9. The van der Waals surface area contributed by atoms with Gasteiger partial charge in [-0.3, -0.25) is 9.36 Å². The lowest BCUT2D eigenvalue weighted by atomic mass is 9.81. The van der Waals surface area contributed by atoms with Gasteiger partial charge in [-0.1, -0.05) is 0 Å². The molecule has 152 valence electrons. The van der Waals surface area contributed by atoms with Gasteiger partial charge in [-0.2, -0.15) is 5.10 Å². The van der Waals surface area contributed by atoms with E-state index in [1.54, 1.807) is 39.9 Å². The number of nitrogens with one attached hydrogen (secondary N) is 1. The standard InChI is InChI=1S/C22H22N6O2/c1-14-3-8-19(29)20-17-11-22(2,10-9-18(17)26-28(14)20)25-21(30)15-4-6-16(7-5-15)27-12-23-24-13-27/h3-8,12-13,29H,9-11H2,1-2H3,(H,25,30)/t22-/m1/s1. The molecule has 30 heavy (non-hydrogen) atoms. The number of amides is 1. The van der Waals surface area contributed by atoms with E-state index in [1.807, 2.05) is 25.1 Å². The number of fused-ring (bicyclic) bond motifs is 3. The second-order valence-corrected chi connectivity index (χ2v) is 8.15. The van der Waals surface area contributed by atoms with E-state index in [-0.39, 0.29) is 11.7 Å². The summed E-state index contributed by atoms with van der Waals surface area (Å²) in [4.78, 5) is 12.9.